The molecule has 0 radical (unpaired) electrons. The molecule has 0 saturated carbocycles. The Bertz CT molecular complexity index is 822. The lowest BCUT2D eigenvalue weighted by atomic mass is 10.4. The van der Waals surface area contributed by atoms with Crippen molar-refractivity contribution in [2.24, 2.45) is 0 Å². The molecule has 3 rings (SSSR count). The third kappa shape index (κ3) is 10.3. The Labute approximate surface area is 238 Å². The Hall–Kier alpha value is 0.840. The molecule has 0 aromatic heterocycles. The average molecular weight is 607 g/mol. The monoisotopic (exact) mass is 606 g/mol. The smallest absolute Gasteiger partial charge is 0.214 e. The van der Waals surface area contributed by atoms with E-state index in [2.05, 4.69) is 37.4 Å². The van der Waals surface area contributed by atoms with Gasteiger partial charge in [-0.1, -0.05) is 42.7 Å². The molecule has 4 atom stereocenters. The standard InChI is InChI=1S/C24H30O2S8/c1-15(2)23(25)31-11-19-9-29-21(33-19)13-27-17-6-5-7-18(8-17)28-14-22-30-10-20(34-22)12-32-24(26)16(3)4/h5-8,19-22H,1,3,9-14H2,2,4H3. The van der Waals surface area contributed by atoms with Crippen LogP contribution in [0, 0.1) is 0 Å². The maximum Gasteiger partial charge on any atom is 0.214 e. The fraction of sp³-hybridized carbons (Fsp3) is 0.500. The molecule has 1 aromatic carbocycles. The maximum absolute atomic E-state index is 11.8. The lowest BCUT2D eigenvalue weighted by molar-refractivity contribution is -0.108. The molecular weight excluding hydrogens is 577 g/mol. The van der Waals surface area contributed by atoms with Gasteiger partial charge in [0.25, 0.3) is 0 Å². The number of carbonyl (C=O) groups is 2. The molecule has 34 heavy (non-hydrogen) atoms. The maximum atomic E-state index is 11.8. The van der Waals surface area contributed by atoms with E-state index in [4.69, 9.17) is 0 Å². The number of hydrogen-bond acceptors (Lipinski definition) is 10. The Balaban J connectivity index is 1.34. The Morgan fingerprint density at radius 2 is 1.26 bits per heavy atom. The number of rotatable bonds is 12. The normalized spacial score (nSPS) is 24.3. The zero-order chi connectivity index (χ0) is 24.5. The summed E-state index contributed by atoms with van der Waals surface area (Å²) in [6.07, 6.45) is 0. The van der Waals surface area contributed by atoms with E-state index in [-0.39, 0.29) is 10.2 Å². The third-order valence-electron chi connectivity index (χ3n) is 4.70. The van der Waals surface area contributed by atoms with Crippen molar-refractivity contribution < 1.29 is 9.59 Å². The number of thioether (sulfide) groups is 8. The Morgan fingerprint density at radius 1 is 0.824 bits per heavy atom. The number of carbonyl (C=O) groups excluding carboxylic acids is 2. The molecule has 0 aliphatic carbocycles. The summed E-state index contributed by atoms with van der Waals surface area (Å²) in [5.41, 5.74) is 1.29. The van der Waals surface area contributed by atoms with E-state index in [1.165, 1.54) is 33.3 Å². The molecule has 2 aliphatic heterocycles. The molecule has 0 bridgehead atoms. The van der Waals surface area contributed by atoms with Crippen LogP contribution in [0.1, 0.15) is 13.8 Å². The van der Waals surface area contributed by atoms with Gasteiger partial charge in [-0.2, -0.15) is 0 Å². The van der Waals surface area contributed by atoms with Gasteiger partial charge < -0.3 is 0 Å². The minimum atomic E-state index is 0.124. The first-order valence-electron chi connectivity index (χ1n) is 10.8. The van der Waals surface area contributed by atoms with Crippen LogP contribution in [0.4, 0.5) is 0 Å². The Kier molecular flexibility index (Phi) is 13.2. The fourth-order valence-corrected chi connectivity index (χ4v) is 14.5. The van der Waals surface area contributed by atoms with E-state index in [1.54, 1.807) is 13.8 Å². The molecule has 2 aliphatic rings. The SMILES string of the molecule is C=C(C)C(=O)SCC1CSC(CSc2cccc(SCC3SCC(CSC(=O)C(=C)C)S3)c2)S1. The zero-order valence-electron chi connectivity index (χ0n) is 19.4. The first-order chi connectivity index (χ1) is 16.3. The van der Waals surface area contributed by atoms with Gasteiger partial charge in [-0.25, -0.2) is 0 Å². The summed E-state index contributed by atoms with van der Waals surface area (Å²) in [6, 6.07) is 8.91. The van der Waals surface area contributed by atoms with Crippen molar-refractivity contribution >= 4 is 104 Å². The van der Waals surface area contributed by atoms with E-state index in [0.717, 1.165) is 34.5 Å². The minimum Gasteiger partial charge on any atom is -0.282 e. The van der Waals surface area contributed by atoms with Crippen LogP contribution in [0.15, 0.2) is 58.4 Å². The molecule has 2 nitrogen and oxygen atoms in total. The van der Waals surface area contributed by atoms with Crippen LogP contribution in [0.3, 0.4) is 0 Å². The van der Waals surface area contributed by atoms with E-state index in [1.807, 2.05) is 70.6 Å². The van der Waals surface area contributed by atoms with Crippen molar-refractivity contribution in [3.05, 3.63) is 48.6 Å². The lowest BCUT2D eigenvalue weighted by Gasteiger charge is -2.12. The number of benzene rings is 1. The first kappa shape index (κ1) is 29.4. The van der Waals surface area contributed by atoms with Crippen molar-refractivity contribution in [3.8, 4) is 0 Å². The van der Waals surface area contributed by atoms with Crippen LogP contribution < -0.4 is 0 Å². The van der Waals surface area contributed by atoms with Crippen molar-refractivity contribution in [3.63, 3.8) is 0 Å². The second-order valence-corrected chi connectivity index (χ2v) is 18.2. The van der Waals surface area contributed by atoms with Crippen LogP contribution in [0.2, 0.25) is 0 Å². The molecule has 0 spiro atoms. The largest absolute Gasteiger partial charge is 0.282 e. The highest BCUT2D eigenvalue weighted by Gasteiger charge is 2.28. The lowest BCUT2D eigenvalue weighted by Crippen LogP contribution is -2.08. The van der Waals surface area contributed by atoms with E-state index < -0.39 is 0 Å². The zero-order valence-corrected chi connectivity index (χ0v) is 25.9. The number of hydrogen-bond donors (Lipinski definition) is 0. The summed E-state index contributed by atoms with van der Waals surface area (Å²) in [5, 5.41) is 1.35. The summed E-state index contributed by atoms with van der Waals surface area (Å²) < 4.78 is 1.18. The third-order valence-corrected chi connectivity index (χ3v) is 17.0. The summed E-state index contributed by atoms with van der Waals surface area (Å²) >= 11 is 14.8. The van der Waals surface area contributed by atoms with E-state index in [9.17, 15) is 9.59 Å². The van der Waals surface area contributed by atoms with Gasteiger partial charge >= 0.3 is 0 Å². The average Bonchev–Trinajstić information content (AvgIpc) is 3.47. The first-order valence-corrected chi connectivity index (χ1v) is 18.8. The van der Waals surface area contributed by atoms with Crippen molar-refractivity contribution in [2.45, 2.75) is 43.3 Å². The molecule has 2 fully saturated rings. The molecule has 0 N–H and O–H groups in total. The van der Waals surface area contributed by atoms with Gasteiger partial charge in [0.2, 0.25) is 10.2 Å². The molecule has 186 valence electrons. The van der Waals surface area contributed by atoms with Crippen molar-refractivity contribution in [2.75, 3.05) is 34.5 Å². The summed E-state index contributed by atoms with van der Waals surface area (Å²) in [5.74, 6) is 6.21. The minimum absolute atomic E-state index is 0.124. The highest BCUT2D eigenvalue weighted by molar-refractivity contribution is 8.23. The summed E-state index contributed by atoms with van der Waals surface area (Å²) in [7, 11) is 0. The van der Waals surface area contributed by atoms with E-state index in [0.29, 0.717) is 30.8 Å². The van der Waals surface area contributed by atoms with Crippen LogP contribution in [-0.2, 0) is 9.59 Å². The second-order valence-electron chi connectivity index (χ2n) is 7.90. The van der Waals surface area contributed by atoms with Gasteiger partial charge in [0.1, 0.15) is 0 Å². The highest BCUT2D eigenvalue weighted by Crippen LogP contribution is 2.44. The topological polar surface area (TPSA) is 34.1 Å². The molecule has 0 amide bonds. The highest BCUT2D eigenvalue weighted by atomic mass is 32.2. The fourth-order valence-electron chi connectivity index (χ4n) is 2.93. The molecule has 10 heteroatoms. The quantitative estimate of drug-likeness (QED) is 0.173. The van der Waals surface area contributed by atoms with Gasteiger partial charge in [-0.05, 0) is 43.2 Å². The van der Waals surface area contributed by atoms with Gasteiger partial charge in [-0.15, -0.1) is 70.6 Å². The Morgan fingerprint density at radius 3 is 1.68 bits per heavy atom. The predicted octanol–water partition coefficient (Wildman–Crippen LogP) is 7.89. The summed E-state index contributed by atoms with van der Waals surface area (Å²) in [4.78, 5) is 26.2. The van der Waals surface area contributed by atoms with Crippen LogP contribution in [0.5, 0.6) is 0 Å². The van der Waals surface area contributed by atoms with E-state index >= 15 is 0 Å². The molecule has 4 unspecified atom stereocenters. The molecular formula is C24H30O2S8. The van der Waals surface area contributed by atoms with Crippen LogP contribution in [0.25, 0.3) is 0 Å². The molecule has 2 saturated heterocycles. The van der Waals surface area contributed by atoms with Gasteiger partial charge in [0, 0.05) is 54.8 Å². The molecule has 1 aromatic rings. The van der Waals surface area contributed by atoms with Crippen LogP contribution >= 0.6 is 94.1 Å². The summed E-state index contributed by atoms with van der Waals surface area (Å²) in [6.45, 7) is 11.0. The van der Waals surface area contributed by atoms with Crippen molar-refractivity contribution in [1.82, 2.24) is 0 Å². The van der Waals surface area contributed by atoms with Gasteiger partial charge in [-0.3, -0.25) is 9.59 Å². The van der Waals surface area contributed by atoms with Crippen LogP contribution in [-0.4, -0.2) is 64.4 Å². The molecule has 2 heterocycles. The van der Waals surface area contributed by atoms with Gasteiger partial charge in [0.05, 0.1) is 9.16 Å². The van der Waals surface area contributed by atoms with Crippen molar-refractivity contribution in [1.29, 1.82) is 0 Å². The predicted molar refractivity (Wildman–Crippen MR) is 168 cm³/mol. The second kappa shape index (κ2) is 15.3. The van der Waals surface area contributed by atoms with Gasteiger partial charge in [0.15, 0.2) is 0 Å².